The molecule has 2 heterocycles. The second-order valence-corrected chi connectivity index (χ2v) is 9.13. The number of carbonyl (C=O) groups excluding carboxylic acids is 2. The van der Waals surface area contributed by atoms with Gasteiger partial charge in [0.2, 0.25) is 12.7 Å². The maximum atomic E-state index is 13.5. The van der Waals surface area contributed by atoms with Gasteiger partial charge in [0.1, 0.15) is 6.54 Å². The molecule has 0 fully saturated rings. The standard InChI is InChI=1S/C26H28N2O5S/c1-19-5-8-21(9-6-19)26(30)27(11-12-31-2)17-25(29)28(16-22-4-3-13-34-22)15-20-7-10-23-24(14-20)33-18-32-23/h3-10,13-14H,11-12,15-18H2,1-2H3. The summed E-state index contributed by atoms with van der Waals surface area (Å²) in [6.07, 6.45) is 0. The molecule has 0 N–H and O–H groups in total. The summed E-state index contributed by atoms with van der Waals surface area (Å²) in [5.74, 6) is 1.05. The number of fused-ring (bicyclic) bond motifs is 1. The molecule has 4 rings (SSSR count). The first-order valence-electron chi connectivity index (χ1n) is 11.1. The third-order valence-corrected chi connectivity index (χ3v) is 6.43. The van der Waals surface area contributed by atoms with Crippen LogP contribution in [0.25, 0.3) is 0 Å². The van der Waals surface area contributed by atoms with Crippen LogP contribution in [0.5, 0.6) is 11.5 Å². The van der Waals surface area contributed by atoms with Gasteiger partial charge in [-0.05, 0) is 48.2 Å². The van der Waals surface area contributed by atoms with E-state index in [0.717, 1.165) is 16.0 Å². The molecular formula is C26H28N2O5S. The highest BCUT2D eigenvalue weighted by Crippen LogP contribution is 2.33. The Kier molecular flexibility index (Phi) is 7.82. The molecule has 0 radical (unpaired) electrons. The lowest BCUT2D eigenvalue weighted by molar-refractivity contribution is -0.133. The molecule has 2 aromatic carbocycles. The average molecular weight is 481 g/mol. The highest BCUT2D eigenvalue weighted by molar-refractivity contribution is 7.09. The molecule has 1 aliphatic rings. The maximum Gasteiger partial charge on any atom is 0.254 e. The number of nitrogens with zero attached hydrogens (tertiary/aromatic N) is 2. The Morgan fingerprint density at radius 2 is 1.79 bits per heavy atom. The van der Waals surface area contributed by atoms with E-state index in [1.807, 2.05) is 54.8 Å². The van der Waals surface area contributed by atoms with Crippen molar-refractivity contribution in [3.63, 3.8) is 0 Å². The number of benzene rings is 2. The van der Waals surface area contributed by atoms with Crippen molar-refractivity contribution in [2.45, 2.75) is 20.0 Å². The number of carbonyl (C=O) groups is 2. The van der Waals surface area contributed by atoms with Crippen molar-refractivity contribution in [3.8, 4) is 11.5 Å². The zero-order valence-corrected chi connectivity index (χ0v) is 20.2. The molecule has 178 valence electrons. The van der Waals surface area contributed by atoms with Crippen molar-refractivity contribution in [1.82, 2.24) is 9.80 Å². The minimum atomic E-state index is -0.190. The van der Waals surface area contributed by atoms with Crippen molar-refractivity contribution in [3.05, 3.63) is 81.5 Å². The van der Waals surface area contributed by atoms with E-state index in [0.29, 0.717) is 43.3 Å². The molecule has 3 aromatic rings. The SMILES string of the molecule is COCCN(CC(=O)N(Cc1ccc2c(c1)OCO2)Cc1cccs1)C(=O)c1ccc(C)cc1. The smallest absolute Gasteiger partial charge is 0.254 e. The minimum Gasteiger partial charge on any atom is -0.454 e. The maximum absolute atomic E-state index is 13.5. The first kappa shape index (κ1) is 23.8. The van der Waals surface area contributed by atoms with Crippen LogP contribution in [0.2, 0.25) is 0 Å². The topological polar surface area (TPSA) is 68.3 Å². The number of aryl methyl sites for hydroxylation is 1. The van der Waals surface area contributed by atoms with Gasteiger partial charge in [-0.3, -0.25) is 9.59 Å². The average Bonchev–Trinajstić information content (AvgIpc) is 3.53. The van der Waals surface area contributed by atoms with Crippen molar-refractivity contribution < 1.29 is 23.8 Å². The Bertz CT molecular complexity index is 1110. The third-order valence-electron chi connectivity index (χ3n) is 5.57. The van der Waals surface area contributed by atoms with Crippen LogP contribution < -0.4 is 9.47 Å². The molecule has 0 spiro atoms. The first-order chi connectivity index (χ1) is 16.5. The quantitative estimate of drug-likeness (QED) is 0.437. The molecule has 2 amide bonds. The van der Waals surface area contributed by atoms with Gasteiger partial charge in [0.25, 0.3) is 5.91 Å². The number of methoxy groups -OCH3 is 1. The van der Waals surface area contributed by atoms with Gasteiger partial charge in [0, 0.05) is 30.6 Å². The summed E-state index contributed by atoms with van der Waals surface area (Å²) >= 11 is 1.60. The molecule has 8 heteroatoms. The van der Waals surface area contributed by atoms with E-state index in [9.17, 15) is 9.59 Å². The molecule has 0 atom stereocenters. The van der Waals surface area contributed by atoms with Gasteiger partial charge in [-0.2, -0.15) is 0 Å². The molecule has 0 saturated heterocycles. The summed E-state index contributed by atoms with van der Waals surface area (Å²) in [5, 5.41) is 1.99. The zero-order chi connectivity index (χ0) is 23.9. The van der Waals surface area contributed by atoms with Gasteiger partial charge >= 0.3 is 0 Å². The van der Waals surface area contributed by atoms with E-state index in [1.54, 1.807) is 40.4 Å². The third kappa shape index (κ3) is 5.95. The van der Waals surface area contributed by atoms with Gasteiger partial charge in [-0.15, -0.1) is 11.3 Å². The number of thiophene rings is 1. The number of hydrogen-bond donors (Lipinski definition) is 0. The fourth-order valence-electron chi connectivity index (χ4n) is 3.68. The molecule has 7 nitrogen and oxygen atoms in total. The van der Waals surface area contributed by atoms with Crippen LogP contribution in [0.4, 0.5) is 0 Å². The number of amides is 2. The fourth-order valence-corrected chi connectivity index (χ4v) is 4.40. The minimum absolute atomic E-state index is 0.0357. The van der Waals surface area contributed by atoms with Gasteiger partial charge in [-0.1, -0.05) is 29.8 Å². The molecule has 0 bridgehead atoms. The van der Waals surface area contributed by atoms with E-state index in [1.165, 1.54) is 0 Å². The van der Waals surface area contributed by atoms with Crippen LogP contribution in [0, 0.1) is 6.92 Å². The molecule has 1 aliphatic heterocycles. The summed E-state index contributed by atoms with van der Waals surface area (Å²) in [4.78, 5) is 31.1. The predicted molar refractivity (Wildman–Crippen MR) is 130 cm³/mol. The summed E-state index contributed by atoms with van der Waals surface area (Å²) < 4.78 is 16.1. The second-order valence-electron chi connectivity index (χ2n) is 8.10. The van der Waals surface area contributed by atoms with Crippen LogP contribution in [-0.4, -0.2) is 55.2 Å². The van der Waals surface area contributed by atoms with Crippen LogP contribution >= 0.6 is 11.3 Å². The van der Waals surface area contributed by atoms with E-state index in [2.05, 4.69) is 0 Å². The highest BCUT2D eigenvalue weighted by Gasteiger charge is 2.24. The lowest BCUT2D eigenvalue weighted by atomic mass is 10.1. The van der Waals surface area contributed by atoms with Crippen molar-refractivity contribution >= 4 is 23.2 Å². The van der Waals surface area contributed by atoms with Crippen LogP contribution in [0.3, 0.4) is 0 Å². The Morgan fingerprint density at radius 3 is 2.53 bits per heavy atom. The molecule has 0 saturated carbocycles. The van der Waals surface area contributed by atoms with Crippen molar-refractivity contribution in [1.29, 1.82) is 0 Å². The largest absolute Gasteiger partial charge is 0.454 e. The van der Waals surface area contributed by atoms with E-state index >= 15 is 0 Å². The highest BCUT2D eigenvalue weighted by atomic mass is 32.1. The second kappa shape index (κ2) is 11.2. The van der Waals surface area contributed by atoms with Gasteiger partial charge in [0.05, 0.1) is 13.2 Å². The monoisotopic (exact) mass is 480 g/mol. The zero-order valence-electron chi connectivity index (χ0n) is 19.4. The van der Waals surface area contributed by atoms with Crippen molar-refractivity contribution in [2.75, 3.05) is 33.6 Å². The predicted octanol–water partition coefficient (Wildman–Crippen LogP) is 4.10. The molecule has 1 aromatic heterocycles. The van der Waals surface area contributed by atoms with E-state index in [-0.39, 0.29) is 25.2 Å². The van der Waals surface area contributed by atoms with Gasteiger partial charge in [-0.25, -0.2) is 0 Å². The normalized spacial score (nSPS) is 11.9. The summed E-state index contributed by atoms with van der Waals surface area (Å²) in [6, 6.07) is 17.0. The van der Waals surface area contributed by atoms with E-state index in [4.69, 9.17) is 14.2 Å². The van der Waals surface area contributed by atoms with Crippen LogP contribution in [-0.2, 0) is 22.6 Å². The van der Waals surface area contributed by atoms with Gasteiger partial charge in [0.15, 0.2) is 11.5 Å². The molecule has 0 aliphatic carbocycles. The fraction of sp³-hybridized carbons (Fsp3) is 0.308. The van der Waals surface area contributed by atoms with Crippen LogP contribution in [0.1, 0.15) is 26.4 Å². The summed E-state index contributed by atoms with van der Waals surface area (Å²) in [6.45, 7) is 3.66. The van der Waals surface area contributed by atoms with Gasteiger partial charge < -0.3 is 24.0 Å². The lowest BCUT2D eigenvalue weighted by Gasteiger charge is -2.28. The van der Waals surface area contributed by atoms with E-state index < -0.39 is 0 Å². The first-order valence-corrected chi connectivity index (χ1v) is 11.9. The van der Waals surface area contributed by atoms with Crippen LogP contribution in [0.15, 0.2) is 60.0 Å². The Morgan fingerprint density at radius 1 is 1.00 bits per heavy atom. The summed E-state index contributed by atoms with van der Waals surface area (Å²) in [7, 11) is 1.58. The Balaban J connectivity index is 1.53. The Labute approximate surface area is 203 Å². The molecule has 0 unspecified atom stereocenters. The van der Waals surface area contributed by atoms with Crippen molar-refractivity contribution in [2.24, 2.45) is 0 Å². The number of ether oxygens (including phenoxy) is 3. The number of rotatable bonds is 10. The lowest BCUT2D eigenvalue weighted by Crippen LogP contribution is -2.43. The summed E-state index contributed by atoms with van der Waals surface area (Å²) in [5.41, 5.74) is 2.56. The molecular weight excluding hydrogens is 452 g/mol. The molecule has 34 heavy (non-hydrogen) atoms. The Hall–Kier alpha value is -3.36. The number of hydrogen-bond acceptors (Lipinski definition) is 6.